The molecule has 2 fully saturated rings. The summed E-state index contributed by atoms with van der Waals surface area (Å²) in [6.45, 7) is 1.95. The lowest BCUT2D eigenvalue weighted by Crippen LogP contribution is -2.21. The Bertz CT molecular complexity index is 318. The summed E-state index contributed by atoms with van der Waals surface area (Å²) in [6.07, 6.45) is 16.0. The first-order chi connectivity index (χ1) is 9.72. The predicted molar refractivity (Wildman–Crippen MR) is 83.2 cm³/mol. The largest absolute Gasteiger partial charge is 0.334 e. The van der Waals surface area contributed by atoms with Crippen molar-refractivity contribution in [2.45, 2.75) is 83.3 Å². The topological polar surface area (TPSA) is 35.5 Å². The molecule has 0 spiro atoms. The van der Waals surface area contributed by atoms with Crippen LogP contribution < -0.4 is 0 Å². The van der Waals surface area contributed by atoms with E-state index in [9.17, 15) is 4.57 Å². The van der Waals surface area contributed by atoms with Gasteiger partial charge in [0.25, 0.3) is 0 Å². The second kappa shape index (κ2) is 8.36. The second-order valence-corrected chi connectivity index (χ2v) is 8.10. The highest BCUT2D eigenvalue weighted by Gasteiger charge is 2.32. The van der Waals surface area contributed by atoms with Crippen molar-refractivity contribution in [1.29, 1.82) is 0 Å². The van der Waals surface area contributed by atoms with E-state index in [1.807, 2.05) is 19.1 Å². The fraction of sp³-hybridized carbons (Fsp3) is 0.875. The van der Waals surface area contributed by atoms with Gasteiger partial charge in [0, 0.05) is 0 Å². The third-order valence-corrected chi connectivity index (χ3v) is 6.19. The van der Waals surface area contributed by atoms with E-state index >= 15 is 0 Å². The van der Waals surface area contributed by atoms with Crippen LogP contribution in [0.4, 0.5) is 0 Å². The first-order valence-corrected chi connectivity index (χ1v) is 10.0. The Labute approximate surface area is 123 Å². The Morgan fingerprint density at radius 1 is 0.900 bits per heavy atom. The highest BCUT2D eigenvalue weighted by Crippen LogP contribution is 2.53. The van der Waals surface area contributed by atoms with Crippen molar-refractivity contribution in [1.82, 2.24) is 0 Å². The molecular weight excluding hydrogens is 271 g/mol. The molecule has 0 saturated heterocycles. The van der Waals surface area contributed by atoms with Crippen LogP contribution in [0.2, 0.25) is 0 Å². The van der Waals surface area contributed by atoms with Crippen LogP contribution in [0.15, 0.2) is 12.2 Å². The van der Waals surface area contributed by atoms with E-state index in [0.29, 0.717) is 6.16 Å². The molecule has 0 aromatic rings. The van der Waals surface area contributed by atoms with Crippen LogP contribution in [0.25, 0.3) is 0 Å². The number of hydrogen-bond donors (Lipinski definition) is 0. The second-order valence-electron chi connectivity index (χ2n) is 6.09. The number of allylic oxidation sites excluding steroid dienone is 2. The van der Waals surface area contributed by atoms with Gasteiger partial charge in [-0.25, -0.2) is 0 Å². The van der Waals surface area contributed by atoms with Gasteiger partial charge in [0.1, 0.15) is 0 Å². The molecule has 4 heteroatoms. The zero-order valence-corrected chi connectivity index (χ0v) is 13.7. The molecular formula is C16H29O3P. The fourth-order valence-electron chi connectivity index (χ4n) is 3.14. The maximum absolute atomic E-state index is 13.0. The number of rotatable bonds is 6. The summed E-state index contributed by atoms with van der Waals surface area (Å²) in [4.78, 5) is 0. The van der Waals surface area contributed by atoms with E-state index in [4.69, 9.17) is 9.05 Å². The van der Waals surface area contributed by atoms with Crippen LogP contribution in [-0.4, -0.2) is 18.4 Å². The predicted octanol–water partition coefficient (Wildman–Crippen LogP) is 5.45. The van der Waals surface area contributed by atoms with E-state index in [-0.39, 0.29) is 12.2 Å². The maximum Gasteiger partial charge on any atom is 0.334 e. The Kier molecular flexibility index (Phi) is 6.80. The Morgan fingerprint density at radius 2 is 1.35 bits per heavy atom. The van der Waals surface area contributed by atoms with Gasteiger partial charge >= 0.3 is 7.60 Å². The molecule has 2 aliphatic carbocycles. The van der Waals surface area contributed by atoms with Gasteiger partial charge in [0.05, 0.1) is 18.4 Å². The first-order valence-electron chi connectivity index (χ1n) is 8.29. The summed E-state index contributed by atoms with van der Waals surface area (Å²) < 4.78 is 24.9. The lowest BCUT2D eigenvalue weighted by molar-refractivity contribution is 0.0803. The van der Waals surface area contributed by atoms with Gasteiger partial charge in [-0.3, -0.25) is 4.57 Å². The molecule has 0 N–H and O–H groups in total. The van der Waals surface area contributed by atoms with Crippen LogP contribution in [0.1, 0.15) is 71.1 Å². The van der Waals surface area contributed by atoms with Crippen LogP contribution >= 0.6 is 7.60 Å². The summed E-state index contributed by atoms with van der Waals surface area (Å²) in [7, 11) is -2.96. The molecule has 0 radical (unpaired) electrons. The molecule has 0 aromatic heterocycles. The lowest BCUT2D eigenvalue weighted by atomic mass is 9.98. The molecule has 3 nitrogen and oxygen atoms in total. The van der Waals surface area contributed by atoms with Gasteiger partial charge in [-0.15, -0.1) is 0 Å². The maximum atomic E-state index is 13.0. The summed E-state index contributed by atoms with van der Waals surface area (Å²) >= 11 is 0. The monoisotopic (exact) mass is 300 g/mol. The van der Waals surface area contributed by atoms with Crippen molar-refractivity contribution >= 4 is 7.60 Å². The van der Waals surface area contributed by atoms with E-state index in [1.165, 1.54) is 38.5 Å². The minimum atomic E-state index is -2.96. The Balaban J connectivity index is 1.93. The SMILES string of the molecule is C/C=C/CP(=O)(OC1CCCCC1)OC1CCCCC1. The summed E-state index contributed by atoms with van der Waals surface area (Å²) in [5, 5.41) is 0. The van der Waals surface area contributed by atoms with Gasteiger partial charge < -0.3 is 9.05 Å². The molecule has 0 heterocycles. The summed E-state index contributed by atoms with van der Waals surface area (Å²) in [6, 6.07) is 0. The van der Waals surface area contributed by atoms with E-state index in [0.717, 1.165) is 25.7 Å². The zero-order valence-electron chi connectivity index (χ0n) is 12.8. The fourth-order valence-corrected chi connectivity index (χ4v) is 5.16. The van der Waals surface area contributed by atoms with E-state index in [2.05, 4.69) is 0 Å². The van der Waals surface area contributed by atoms with Gasteiger partial charge in [0.2, 0.25) is 0 Å². The van der Waals surface area contributed by atoms with Gasteiger partial charge in [-0.2, -0.15) is 0 Å². The van der Waals surface area contributed by atoms with Gasteiger partial charge in [-0.1, -0.05) is 50.7 Å². The Morgan fingerprint density at radius 3 is 1.75 bits per heavy atom. The molecule has 0 aromatic carbocycles. The molecule has 2 saturated carbocycles. The van der Waals surface area contributed by atoms with Gasteiger partial charge in [0.15, 0.2) is 0 Å². The molecule has 20 heavy (non-hydrogen) atoms. The van der Waals surface area contributed by atoms with Crippen molar-refractivity contribution in [2.75, 3.05) is 6.16 Å². The average molecular weight is 300 g/mol. The quantitative estimate of drug-likeness (QED) is 0.483. The molecule has 0 amide bonds. The van der Waals surface area contributed by atoms with Crippen LogP contribution in [0, 0.1) is 0 Å². The molecule has 2 rings (SSSR count). The molecule has 2 aliphatic rings. The smallest absolute Gasteiger partial charge is 0.305 e. The standard InChI is InChI=1S/C16H29O3P/c1-2-3-14-20(17,18-15-10-6-4-7-11-15)19-16-12-8-5-9-13-16/h2-3,15-16H,4-14H2,1H3/b3-2+. The molecule has 0 atom stereocenters. The van der Waals surface area contributed by atoms with E-state index in [1.54, 1.807) is 0 Å². The molecule has 0 bridgehead atoms. The van der Waals surface area contributed by atoms with Crippen molar-refractivity contribution in [3.8, 4) is 0 Å². The third kappa shape index (κ3) is 5.35. The van der Waals surface area contributed by atoms with Crippen molar-refractivity contribution < 1.29 is 13.6 Å². The number of hydrogen-bond acceptors (Lipinski definition) is 3. The lowest BCUT2D eigenvalue weighted by Gasteiger charge is -2.30. The first kappa shape index (κ1) is 16.3. The minimum absolute atomic E-state index is 0.142. The van der Waals surface area contributed by atoms with Crippen molar-refractivity contribution in [3.05, 3.63) is 12.2 Å². The zero-order chi connectivity index (χ0) is 14.3. The molecule has 0 unspecified atom stereocenters. The summed E-state index contributed by atoms with van der Waals surface area (Å²) in [5.41, 5.74) is 0. The van der Waals surface area contributed by atoms with E-state index < -0.39 is 7.60 Å². The van der Waals surface area contributed by atoms with Gasteiger partial charge in [-0.05, 0) is 32.6 Å². The van der Waals surface area contributed by atoms with Crippen molar-refractivity contribution in [2.24, 2.45) is 0 Å². The third-order valence-electron chi connectivity index (χ3n) is 4.29. The highest BCUT2D eigenvalue weighted by molar-refractivity contribution is 7.54. The normalized spacial score (nSPS) is 23.4. The van der Waals surface area contributed by atoms with Crippen LogP contribution in [-0.2, 0) is 13.6 Å². The minimum Gasteiger partial charge on any atom is -0.305 e. The highest BCUT2D eigenvalue weighted by atomic mass is 31.2. The summed E-state index contributed by atoms with van der Waals surface area (Å²) in [5.74, 6) is 0. The van der Waals surface area contributed by atoms with Crippen LogP contribution in [0.3, 0.4) is 0 Å². The average Bonchev–Trinajstić information content (AvgIpc) is 2.47. The Hall–Kier alpha value is -0.110. The molecule has 0 aliphatic heterocycles. The van der Waals surface area contributed by atoms with Crippen LogP contribution in [0.5, 0.6) is 0 Å². The van der Waals surface area contributed by atoms with Crippen molar-refractivity contribution in [3.63, 3.8) is 0 Å². The molecule has 116 valence electrons.